The first-order valence-electron chi connectivity index (χ1n) is 12.0. The molecule has 0 unspecified atom stereocenters. The number of fused-ring (bicyclic) bond motifs is 1. The van der Waals surface area contributed by atoms with Gasteiger partial charge in [-0.15, -0.1) is 10.2 Å². The Morgan fingerprint density at radius 1 is 0.727 bits per heavy atom. The zero-order chi connectivity index (χ0) is 23.6. The Morgan fingerprint density at radius 3 is 1.97 bits per heavy atom. The van der Waals surface area contributed by atoms with Gasteiger partial charge in [0.15, 0.2) is 0 Å². The van der Waals surface area contributed by atoms with Crippen LogP contribution in [0, 0.1) is 0 Å². The van der Waals surface area contributed by atoms with Crippen LogP contribution in [-0.2, 0) is 10.8 Å². The van der Waals surface area contributed by atoms with E-state index < -0.39 is 5.41 Å². The lowest BCUT2D eigenvalue weighted by atomic mass is 9.73. The number of aromatic hydroxyl groups is 1. The number of para-hydroxylation sites is 2. The van der Waals surface area contributed by atoms with Crippen LogP contribution in [0.15, 0.2) is 66.7 Å². The number of rotatable bonds is 8. The van der Waals surface area contributed by atoms with E-state index in [1.807, 2.05) is 48.5 Å². The van der Waals surface area contributed by atoms with Crippen molar-refractivity contribution in [3.63, 3.8) is 0 Å². The first-order chi connectivity index (χ1) is 15.8. The Bertz CT molecular complexity index is 1220. The standard InChI is InChI=1S/C29H35N3O/c1-6-7-12-20-28(2,3)22-15-13-16-23(27(22)33)29(4,5)21-14-8-11-19-26(21)32-30-24-17-9-10-18-25(24)31-32/h8-11,13-19,33H,6-7,12,20H2,1-5H3. The molecule has 0 spiro atoms. The first kappa shape index (κ1) is 23.0. The molecule has 3 aromatic carbocycles. The van der Waals surface area contributed by atoms with Crippen molar-refractivity contribution in [2.45, 2.75) is 71.1 Å². The zero-order valence-corrected chi connectivity index (χ0v) is 20.5. The predicted molar refractivity (Wildman–Crippen MR) is 136 cm³/mol. The molecule has 4 aromatic rings. The molecule has 0 atom stereocenters. The van der Waals surface area contributed by atoms with E-state index in [1.54, 1.807) is 4.80 Å². The van der Waals surface area contributed by atoms with Gasteiger partial charge in [0.05, 0.1) is 5.69 Å². The molecule has 0 radical (unpaired) electrons. The maximum absolute atomic E-state index is 11.5. The zero-order valence-electron chi connectivity index (χ0n) is 20.5. The summed E-state index contributed by atoms with van der Waals surface area (Å²) in [6, 6.07) is 22.3. The van der Waals surface area contributed by atoms with Gasteiger partial charge in [0.1, 0.15) is 16.8 Å². The molecule has 1 aromatic heterocycles. The van der Waals surface area contributed by atoms with Crippen molar-refractivity contribution in [3.05, 3.63) is 83.4 Å². The number of nitrogens with zero attached hydrogens (tertiary/aromatic N) is 3. The summed E-state index contributed by atoms with van der Waals surface area (Å²) in [7, 11) is 0. The summed E-state index contributed by atoms with van der Waals surface area (Å²) in [6.07, 6.45) is 4.63. The third-order valence-corrected chi connectivity index (χ3v) is 6.92. The molecule has 4 rings (SSSR count). The molecule has 0 saturated heterocycles. The van der Waals surface area contributed by atoms with Crippen LogP contribution in [0.1, 0.15) is 77.0 Å². The highest BCUT2D eigenvalue weighted by molar-refractivity contribution is 5.73. The summed E-state index contributed by atoms with van der Waals surface area (Å²) in [4.78, 5) is 1.72. The smallest absolute Gasteiger partial charge is 0.123 e. The molecule has 172 valence electrons. The fourth-order valence-corrected chi connectivity index (χ4v) is 4.83. The number of phenols is 1. The molecule has 4 nitrogen and oxygen atoms in total. The maximum Gasteiger partial charge on any atom is 0.123 e. The molecule has 1 N–H and O–H groups in total. The highest BCUT2D eigenvalue weighted by atomic mass is 16.3. The molecule has 0 bridgehead atoms. The van der Waals surface area contributed by atoms with Gasteiger partial charge in [-0.05, 0) is 41.2 Å². The van der Waals surface area contributed by atoms with Crippen molar-refractivity contribution in [1.29, 1.82) is 0 Å². The van der Waals surface area contributed by atoms with Gasteiger partial charge in [-0.3, -0.25) is 0 Å². The summed E-state index contributed by atoms with van der Waals surface area (Å²) in [5, 5.41) is 20.9. The maximum atomic E-state index is 11.5. The summed E-state index contributed by atoms with van der Waals surface area (Å²) in [6.45, 7) is 11.0. The van der Waals surface area contributed by atoms with E-state index in [9.17, 15) is 5.11 Å². The lowest BCUT2D eigenvalue weighted by Crippen LogP contribution is -2.24. The number of benzene rings is 3. The highest BCUT2D eigenvalue weighted by Crippen LogP contribution is 2.44. The second-order valence-corrected chi connectivity index (χ2v) is 10.2. The molecule has 1 heterocycles. The lowest BCUT2D eigenvalue weighted by Gasteiger charge is -2.32. The Balaban J connectivity index is 1.79. The Labute approximate surface area is 197 Å². The minimum absolute atomic E-state index is 0.0911. The van der Waals surface area contributed by atoms with Gasteiger partial charge in [0.25, 0.3) is 0 Å². The highest BCUT2D eigenvalue weighted by Gasteiger charge is 2.33. The van der Waals surface area contributed by atoms with Crippen molar-refractivity contribution in [1.82, 2.24) is 15.0 Å². The van der Waals surface area contributed by atoms with Crippen molar-refractivity contribution < 1.29 is 5.11 Å². The van der Waals surface area contributed by atoms with E-state index in [0.29, 0.717) is 5.75 Å². The second kappa shape index (κ2) is 9.01. The van der Waals surface area contributed by atoms with Crippen molar-refractivity contribution in [2.75, 3.05) is 0 Å². The fourth-order valence-electron chi connectivity index (χ4n) is 4.83. The Hall–Kier alpha value is -3.14. The molecule has 0 aliphatic rings. The monoisotopic (exact) mass is 441 g/mol. The molecule has 0 saturated carbocycles. The van der Waals surface area contributed by atoms with Gasteiger partial charge in [-0.25, -0.2) is 0 Å². The number of aromatic nitrogens is 3. The molecule has 0 amide bonds. The van der Waals surface area contributed by atoms with Gasteiger partial charge in [0.2, 0.25) is 0 Å². The number of hydrogen-bond acceptors (Lipinski definition) is 3. The molecule has 33 heavy (non-hydrogen) atoms. The van der Waals surface area contributed by atoms with Crippen LogP contribution in [0.2, 0.25) is 0 Å². The van der Waals surface area contributed by atoms with E-state index in [2.05, 4.69) is 52.8 Å². The minimum atomic E-state index is -0.448. The van der Waals surface area contributed by atoms with E-state index in [0.717, 1.165) is 46.3 Å². The third kappa shape index (κ3) is 4.39. The van der Waals surface area contributed by atoms with E-state index >= 15 is 0 Å². The number of hydrogen-bond donors (Lipinski definition) is 1. The second-order valence-electron chi connectivity index (χ2n) is 10.2. The lowest BCUT2D eigenvalue weighted by molar-refractivity contribution is 0.398. The molecule has 4 heteroatoms. The van der Waals surface area contributed by atoms with Gasteiger partial charge in [0, 0.05) is 11.0 Å². The summed E-state index contributed by atoms with van der Waals surface area (Å²) >= 11 is 0. The summed E-state index contributed by atoms with van der Waals surface area (Å²) < 4.78 is 0. The molecule has 0 fully saturated rings. The molecular formula is C29H35N3O. The fraction of sp³-hybridized carbons (Fsp3) is 0.379. The topological polar surface area (TPSA) is 50.9 Å². The van der Waals surface area contributed by atoms with Crippen LogP contribution in [0.5, 0.6) is 5.75 Å². The van der Waals surface area contributed by atoms with Crippen molar-refractivity contribution in [2.24, 2.45) is 0 Å². The van der Waals surface area contributed by atoms with Crippen LogP contribution in [-0.4, -0.2) is 20.1 Å². The summed E-state index contributed by atoms with van der Waals surface area (Å²) in [5.74, 6) is 0.400. The van der Waals surface area contributed by atoms with Crippen LogP contribution in [0.25, 0.3) is 16.7 Å². The van der Waals surface area contributed by atoms with Gasteiger partial charge in [-0.1, -0.05) is 102 Å². The van der Waals surface area contributed by atoms with Crippen LogP contribution in [0.3, 0.4) is 0 Å². The van der Waals surface area contributed by atoms with Gasteiger partial charge in [-0.2, -0.15) is 4.80 Å². The normalized spacial score (nSPS) is 12.4. The molecular weight excluding hydrogens is 406 g/mol. The Kier molecular flexibility index (Phi) is 6.29. The Morgan fingerprint density at radius 2 is 1.30 bits per heavy atom. The third-order valence-electron chi connectivity index (χ3n) is 6.92. The number of phenolic OH excluding ortho intramolecular Hbond substituents is 1. The average molecular weight is 442 g/mol. The SMILES string of the molecule is CCCCCC(C)(C)c1cccc(C(C)(C)c2ccccc2-n2nc3ccccc3n2)c1O. The van der Waals surface area contributed by atoms with Crippen LogP contribution >= 0.6 is 0 Å². The van der Waals surface area contributed by atoms with Crippen LogP contribution < -0.4 is 0 Å². The van der Waals surface area contributed by atoms with Crippen molar-refractivity contribution in [3.8, 4) is 11.4 Å². The predicted octanol–water partition coefficient (Wildman–Crippen LogP) is 7.31. The van der Waals surface area contributed by atoms with E-state index in [1.165, 1.54) is 12.8 Å². The minimum Gasteiger partial charge on any atom is -0.507 e. The van der Waals surface area contributed by atoms with Gasteiger partial charge >= 0.3 is 0 Å². The van der Waals surface area contributed by atoms with E-state index in [-0.39, 0.29) is 5.41 Å². The van der Waals surface area contributed by atoms with Crippen LogP contribution in [0.4, 0.5) is 0 Å². The summed E-state index contributed by atoms with van der Waals surface area (Å²) in [5.41, 5.74) is 5.12. The molecule has 0 aliphatic carbocycles. The first-order valence-corrected chi connectivity index (χ1v) is 12.0. The largest absolute Gasteiger partial charge is 0.507 e. The quantitative estimate of drug-likeness (QED) is 0.292. The molecule has 0 aliphatic heterocycles. The average Bonchev–Trinajstić information content (AvgIpc) is 3.23. The van der Waals surface area contributed by atoms with Crippen molar-refractivity contribution >= 4 is 11.0 Å². The number of unbranched alkanes of at least 4 members (excludes halogenated alkanes) is 2. The van der Waals surface area contributed by atoms with Gasteiger partial charge < -0.3 is 5.11 Å². The van der Waals surface area contributed by atoms with E-state index in [4.69, 9.17) is 10.2 Å².